The summed E-state index contributed by atoms with van der Waals surface area (Å²) in [7, 11) is 1.32. The van der Waals surface area contributed by atoms with E-state index in [4.69, 9.17) is 23.2 Å². The summed E-state index contributed by atoms with van der Waals surface area (Å²) in [5.41, 5.74) is 0.503. The van der Waals surface area contributed by atoms with Crippen molar-refractivity contribution in [2.75, 3.05) is 19.0 Å². The number of halogens is 2. The van der Waals surface area contributed by atoms with Gasteiger partial charge in [0, 0.05) is 28.7 Å². The van der Waals surface area contributed by atoms with E-state index in [-0.39, 0.29) is 18.4 Å². The molecule has 0 heterocycles. The minimum Gasteiger partial charge on any atom is -0.469 e. The van der Waals surface area contributed by atoms with Gasteiger partial charge in [0.15, 0.2) is 0 Å². The van der Waals surface area contributed by atoms with Crippen LogP contribution in [0.3, 0.4) is 0 Å². The van der Waals surface area contributed by atoms with E-state index in [0.29, 0.717) is 28.7 Å². The maximum atomic E-state index is 11.5. The molecule has 1 aromatic rings. The van der Waals surface area contributed by atoms with Crippen LogP contribution in [0.4, 0.5) is 10.5 Å². The molecule has 0 saturated heterocycles. The number of rotatable bonds is 5. The van der Waals surface area contributed by atoms with Crippen molar-refractivity contribution in [1.82, 2.24) is 5.32 Å². The lowest BCUT2D eigenvalue weighted by molar-refractivity contribution is -0.140. The van der Waals surface area contributed by atoms with Crippen molar-refractivity contribution < 1.29 is 14.3 Å². The lowest BCUT2D eigenvalue weighted by Crippen LogP contribution is -2.29. The third kappa shape index (κ3) is 6.31. The second kappa shape index (κ2) is 7.86. The van der Waals surface area contributed by atoms with Crippen molar-refractivity contribution in [3.8, 4) is 0 Å². The van der Waals surface area contributed by atoms with Gasteiger partial charge in [-0.1, -0.05) is 23.2 Å². The molecule has 0 fully saturated rings. The van der Waals surface area contributed by atoms with Gasteiger partial charge in [0.1, 0.15) is 0 Å². The van der Waals surface area contributed by atoms with Crippen molar-refractivity contribution in [1.29, 1.82) is 0 Å². The molecule has 0 aliphatic heterocycles. The monoisotopic (exact) mass is 304 g/mol. The van der Waals surface area contributed by atoms with Crippen LogP contribution in [0.1, 0.15) is 12.8 Å². The molecule has 0 atom stereocenters. The van der Waals surface area contributed by atoms with Crippen molar-refractivity contribution in [3.05, 3.63) is 28.2 Å². The Morgan fingerprint density at radius 1 is 1.21 bits per heavy atom. The number of hydrogen-bond acceptors (Lipinski definition) is 3. The Hall–Kier alpha value is -1.46. The Morgan fingerprint density at radius 3 is 2.42 bits per heavy atom. The summed E-state index contributed by atoms with van der Waals surface area (Å²) in [6.45, 7) is 0.370. The van der Waals surface area contributed by atoms with Gasteiger partial charge in [-0.25, -0.2) is 4.79 Å². The first kappa shape index (κ1) is 15.6. The number of hydrogen-bond donors (Lipinski definition) is 2. The molecule has 2 amide bonds. The minimum atomic E-state index is -0.386. The van der Waals surface area contributed by atoms with E-state index in [0.717, 1.165) is 0 Å². The summed E-state index contributed by atoms with van der Waals surface area (Å²) < 4.78 is 4.48. The molecule has 104 valence electrons. The lowest BCUT2D eigenvalue weighted by atomic mass is 10.3. The molecular formula is C12H14Cl2N2O3. The molecule has 0 aromatic heterocycles. The average molecular weight is 305 g/mol. The smallest absolute Gasteiger partial charge is 0.319 e. The second-order valence-electron chi connectivity index (χ2n) is 3.72. The maximum absolute atomic E-state index is 11.5. The fourth-order valence-corrected chi connectivity index (χ4v) is 1.86. The summed E-state index contributed by atoms with van der Waals surface area (Å²) in [5.74, 6) is -0.302. The number of amides is 2. The van der Waals surface area contributed by atoms with Gasteiger partial charge in [0.05, 0.1) is 7.11 Å². The summed E-state index contributed by atoms with van der Waals surface area (Å²) in [6, 6.07) is 4.36. The topological polar surface area (TPSA) is 67.4 Å². The molecule has 19 heavy (non-hydrogen) atoms. The normalized spacial score (nSPS) is 9.84. The van der Waals surface area contributed by atoms with Gasteiger partial charge in [0.25, 0.3) is 0 Å². The molecule has 0 unspecified atom stereocenters. The van der Waals surface area contributed by atoms with E-state index < -0.39 is 0 Å². The molecule has 0 bridgehead atoms. The van der Waals surface area contributed by atoms with Crippen LogP contribution in [0, 0.1) is 0 Å². The Labute approximate surface area is 121 Å². The highest BCUT2D eigenvalue weighted by molar-refractivity contribution is 6.35. The van der Waals surface area contributed by atoms with Crippen molar-refractivity contribution >= 4 is 40.9 Å². The van der Waals surface area contributed by atoms with Crippen LogP contribution in [0.5, 0.6) is 0 Å². The fourth-order valence-electron chi connectivity index (χ4n) is 1.34. The zero-order chi connectivity index (χ0) is 14.3. The van der Waals surface area contributed by atoms with Crippen LogP contribution in [-0.2, 0) is 9.53 Å². The van der Waals surface area contributed by atoms with Crippen LogP contribution >= 0.6 is 23.2 Å². The Balaban J connectivity index is 2.33. The standard InChI is InChI=1S/C12H14Cl2N2O3/c1-19-11(17)3-2-4-15-12(18)16-10-6-8(13)5-9(14)7-10/h5-7H,2-4H2,1H3,(H2,15,16,18). The van der Waals surface area contributed by atoms with E-state index in [1.54, 1.807) is 18.2 Å². The number of nitrogens with one attached hydrogen (secondary N) is 2. The molecule has 0 saturated carbocycles. The summed E-state index contributed by atoms with van der Waals surface area (Å²) in [6.07, 6.45) is 0.774. The number of urea groups is 1. The molecule has 1 rings (SSSR count). The summed E-state index contributed by atoms with van der Waals surface area (Å²) in [5, 5.41) is 6.07. The predicted molar refractivity (Wildman–Crippen MR) is 74.7 cm³/mol. The Bertz CT molecular complexity index is 446. The zero-order valence-corrected chi connectivity index (χ0v) is 11.8. The van der Waals surface area contributed by atoms with E-state index >= 15 is 0 Å². The Morgan fingerprint density at radius 2 is 1.84 bits per heavy atom. The number of methoxy groups -OCH3 is 1. The van der Waals surface area contributed by atoms with Gasteiger partial charge >= 0.3 is 12.0 Å². The molecule has 7 heteroatoms. The van der Waals surface area contributed by atoms with E-state index in [2.05, 4.69) is 15.4 Å². The van der Waals surface area contributed by atoms with Crippen LogP contribution in [0.15, 0.2) is 18.2 Å². The molecular weight excluding hydrogens is 291 g/mol. The molecule has 2 N–H and O–H groups in total. The largest absolute Gasteiger partial charge is 0.469 e. The van der Waals surface area contributed by atoms with Gasteiger partial charge < -0.3 is 15.4 Å². The van der Waals surface area contributed by atoms with Crippen molar-refractivity contribution in [3.63, 3.8) is 0 Å². The average Bonchev–Trinajstić information content (AvgIpc) is 2.33. The Kier molecular flexibility index (Phi) is 6.45. The van der Waals surface area contributed by atoms with Crippen LogP contribution in [0.25, 0.3) is 0 Å². The van der Waals surface area contributed by atoms with E-state index in [1.165, 1.54) is 7.11 Å². The molecule has 0 radical (unpaired) electrons. The van der Waals surface area contributed by atoms with Gasteiger partial charge in [-0.3, -0.25) is 4.79 Å². The third-order valence-corrected chi connectivity index (χ3v) is 2.63. The van der Waals surface area contributed by atoms with E-state index in [1.807, 2.05) is 0 Å². The first-order chi connectivity index (χ1) is 9.01. The lowest BCUT2D eigenvalue weighted by Gasteiger charge is -2.08. The highest BCUT2D eigenvalue weighted by Gasteiger charge is 2.04. The minimum absolute atomic E-state index is 0.264. The molecule has 0 aliphatic rings. The molecule has 5 nitrogen and oxygen atoms in total. The first-order valence-corrected chi connectivity index (χ1v) is 6.34. The third-order valence-electron chi connectivity index (χ3n) is 2.19. The number of anilines is 1. The number of carbonyl (C=O) groups is 2. The highest BCUT2D eigenvalue weighted by Crippen LogP contribution is 2.22. The number of ether oxygens (including phenoxy) is 1. The zero-order valence-electron chi connectivity index (χ0n) is 10.3. The van der Waals surface area contributed by atoms with E-state index in [9.17, 15) is 9.59 Å². The number of esters is 1. The highest BCUT2D eigenvalue weighted by atomic mass is 35.5. The molecule has 1 aromatic carbocycles. The molecule has 0 aliphatic carbocycles. The fraction of sp³-hybridized carbons (Fsp3) is 0.333. The van der Waals surface area contributed by atoms with Gasteiger partial charge in [-0.2, -0.15) is 0 Å². The predicted octanol–water partition coefficient (Wildman–Crippen LogP) is 3.07. The van der Waals surface area contributed by atoms with Crippen molar-refractivity contribution in [2.45, 2.75) is 12.8 Å². The van der Waals surface area contributed by atoms with Gasteiger partial charge in [-0.05, 0) is 24.6 Å². The first-order valence-electron chi connectivity index (χ1n) is 5.59. The SMILES string of the molecule is COC(=O)CCCNC(=O)Nc1cc(Cl)cc(Cl)c1. The number of benzene rings is 1. The molecule has 0 spiro atoms. The number of carbonyl (C=O) groups excluding carboxylic acids is 2. The van der Waals surface area contributed by atoms with Crippen LogP contribution in [0.2, 0.25) is 10.0 Å². The summed E-state index contributed by atoms with van der Waals surface area (Å²) >= 11 is 11.6. The maximum Gasteiger partial charge on any atom is 0.319 e. The van der Waals surface area contributed by atoms with Crippen LogP contribution in [-0.4, -0.2) is 25.7 Å². The second-order valence-corrected chi connectivity index (χ2v) is 4.59. The van der Waals surface area contributed by atoms with Crippen LogP contribution < -0.4 is 10.6 Å². The van der Waals surface area contributed by atoms with Gasteiger partial charge in [0.2, 0.25) is 0 Å². The summed E-state index contributed by atoms with van der Waals surface area (Å²) in [4.78, 5) is 22.4. The quantitative estimate of drug-likeness (QED) is 0.649. The van der Waals surface area contributed by atoms with Gasteiger partial charge in [-0.15, -0.1) is 0 Å². The van der Waals surface area contributed by atoms with Crippen molar-refractivity contribution in [2.24, 2.45) is 0 Å².